The molecule has 0 bridgehead atoms. The fraction of sp³-hybridized carbons (Fsp3) is 0.429. The molecule has 2 rings (SSSR count). The average molecular weight is 245 g/mol. The molecule has 0 radical (unpaired) electrons. The Balaban J connectivity index is 2.21. The topological polar surface area (TPSA) is 50.8 Å². The SMILES string of the molecule is CCCc1nc(-c2cccc(OC(C)C)c2)n[nH]1. The first-order chi connectivity index (χ1) is 8.69. The summed E-state index contributed by atoms with van der Waals surface area (Å²) < 4.78 is 5.66. The lowest BCUT2D eigenvalue weighted by atomic mass is 10.2. The summed E-state index contributed by atoms with van der Waals surface area (Å²) in [7, 11) is 0. The molecule has 1 heterocycles. The molecule has 0 aliphatic heterocycles. The molecular weight excluding hydrogens is 226 g/mol. The monoisotopic (exact) mass is 245 g/mol. The second-order valence-electron chi connectivity index (χ2n) is 4.55. The van der Waals surface area contributed by atoms with Crippen LogP contribution in [0.15, 0.2) is 24.3 Å². The Morgan fingerprint density at radius 2 is 2.17 bits per heavy atom. The normalized spacial score (nSPS) is 10.9. The van der Waals surface area contributed by atoms with Gasteiger partial charge in [-0.2, -0.15) is 5.10 Å². The molecule has 0 atom stereocenters. The van der Waals surface area contributed by atoms with Crippen molar-refractivity contribution >= 4 is 0 Å². The Hall–Kier alpha value is -1.84. The van der Waals surface area contributed by atoms with Crippen LogP contribution in [0.25, 0.3) is 11.4 Å². The fourth-order valence-corrected chi connectivity index (χ4v) is 1.75. The van der Waals surface area contributed by atoms with E-state index >= 15 is 0 Å². The third-order valence-corrected chi connectivity index (χ3v) is 2.48. The van der Waals surface area contributed by atoms with Crippen LogP contribution in [-0.2, 0) is 6.42 Å². The van der Waals surface area contributed by atoms with Gasteiger partial charge in [0.25, 0.3) is 0 Å². The summed E-state index contributed by atoms with van der Waals surface area (Å²) in [6, 6.07) is 7.87. The maximum Gasteiger partial charge on any atom is 0.181 e. The van der Waals surface area contributed by atoms with Crippen LogP contribution < -0.4 is 4.74 Å². The number of rotatable bonds is 5. The zero-order valence-corrected chi connectivity index (χ0v) is 11.1. The fourth-order valence-electron chi connectivity index (χ4n) is 1.75. The lowest BCUT2D eigenvalue weighted by molar-refractivity contribution is 0.242. The Morgan fingerprint density at radius 1 is 1.33 bits per heavy atom. The summed E-state index contributed by atoms with van der Waals surface area (Å²) in [5.41, 5.74) is 0.978. The van der Waals surface area contributed by atoms with Crippen molar-refractivity contribution < 1.29 is 4.74 Å². The van der Waals surface area contributed by atoms with Gasteiger partial charge in [-0.1, -0.05) is 19.1 Å². The first-order valence-corrected chi connectivity index (χ1v) is 6.37. The van der Waals surface area contributed by atoms with Gasteiger partial charge in [-0.3, -0.25) is 5.10 Å². The van der Waals surface area contributed by atoms with Gasteiger partial charge in [0.1, 0.15) is 11.6 Å². The molecule has 1 N–H and O–H groups in total. The molecule has 0 fully saturated rings. The van der Waals surface area contributed by atoms with Gasteiger partial charge in [0.2, 0.25) is 0 Å². The van der Waals surface area contributed by atoms with E-state index in [1.54, 1.807) is 0 Å². The number of aromatic nitrogens is 3. The van der Waals surface area contributed by atoms with Gasteiger partial charge in [0, 0.05) is 12.0 Å². The Kier molecular flexibility index (Phi) is 3.97. The number of hydrogen-bond donors (Lipinski definition) is 1. The van der Waals surface area contributed by atoms with E-state index in [4.69, 9.17) is 4.74 Å². The Labute approximate surface area is 107 Å². The lowest BCUT2D eigenvalue weighted by Gasteiger charge is -2.09. The van der Waals surface area contributed by atoms with Crippen molar-refractivity contribution in [1.82, 2.24) is 15.2 Å². The van der Waals surface area contributed by atoms with Gasteiger partial charge in [0.05, 0.1) is 6.10 Å². The van der Waals surface area contributed by atoms with Gasteiger partial charge < -0.3 is 4.74 Å². The standard InChI is InChI=1S/C14H19N3O/c1-4-6-13-15-14(17-16-13)11-7-5-8-12(9-11)18-10(2)3/h5,7-10H,4,6H2,1-3H3,(H,15,16,17). The van der Waals surface area contributed by atoms with Crippen molar-refractivity contribution in [2.75, 3.05) is 0 Å². The summed E-state index contributed by atoms with van der Waals surface area (Å²) in [4.78, 5) is 4.47. The molecule has 0 saturated heterocycles. The summed E-state index contributed by atoms with van der Waals surface area (Å²) >= 11 is 0. The Bertz CT molecular complexity index is 505. The van der Waals surface area contributed by atoms with Gasteiger partial charge in [-0.25, -0.2) is 4.98 Å². The molecule has 0 unspecified atom stereocenters. The summed E-state index contributed by atoms with van der Waals surface area (Å²) in [6.45, 7) is 6.15. The van der Waals surface area contributed by atoms with Crippen LogP contribution in [0, 0.1) is 0 Å². The highest BCUT2D eigenvalue weighted by Gasteiger charge is 2.07. The van der Waals surface area contributed by atoms with Gasteiger partial charge in [-0.15, -0.1) is 0 Å². The highest BCUT2D eigenvalue weighted by atomic mass is 16.5. The van der Waals surface area contributed by atoms with Crippen LogP contribution >= 0.6 is 0 Å². The van der Waals surface area contributed by atoms with Crippen LogP contribution in [0.4, 0.5) is 0 Å². The number of benzene rings is 1. The third kappa shape index (κ3) is 3.09. The highest BCUT2D eigenvalue weighted by Crippen LogP contribution is 2.21. The lowest BCUT2D eigenvalue weighted by Crippen LogP contribution is -2.05. The second-order valence-corrected chi connectivity index (χ2v) is 4.55. The van der Waals surface area contributed by atoms with Crippen LogP contribution in [0.5, 0.6) is 5.75 Å². The minimum Gasteiger partial charge on any atom is -0.491 e. The maximum absolute atomic E-state index is 5.66. The number of ether oxygens (including phenoxy) is 1. The predicted molar refractivity (Wildman–Crippen MR) is 71.6 cm³/mol. The van der Waals surface area contributed by atoms with E-state index in [9.17, 15) is 0 Å². The van der Waals surface area contributed by atoms with E-state index in [1.807, 2.05) is 38.1 Å². The van der Waals surface area contributed by atoms with E-state index in [0.717, 1.165) is 35.8 Å². The van der Waals surface area contributed by atoms with Crippen LogP contribution in [0.3, 0.4) is 0 Å². The Morgan fingerprint density at radius 3 is 2.89 bits per heavy atom. The zero-order valence-electron chi connectivity index (χ0n) is 11.1. The number of H-pyrrole nitrogens is 1. The quantitative estimate of drug-likeness (QED) is 0.880. The molecule has 0 aliphatic carbocycles. The first kappa shape index (κ1) is 12.6. The van der Waals surface area contributed by atoms with Crippen molar-refractivity contribution in [2.24, 2.45) is 0 Å². The van der Waals surface area contributed by atoms with Crippen molar-refractivity contribution in [1.29, 1.82) is 0 Å². The molecule has 0 spiro atoms. The maximum atomic E-state index is 5.66. The molecular formula is C14H19N3O. The smallest absolute Gasteiger partial charge is 0.181 e. The van der Waals surface area contributed by atoms with Gasteiger partial charge >= 0.3 is 0 Å². The molecule has 2 aromatic rings. The van der Waals surface area contributed by atoms with E-state index < -0.39 is 0 Å². The molecule has 0 saturated carbocycles. The molecule has 0 aliphatic rings. The second kappa shape index (κ2) is 5.67. The molecule has 4 heteroatoms. The van der Waals surface area contributed by atoms with Gasteiger partial charge in [-0.05, 0) is 32.4 Å². The largest absolute Gasteiger partial charge is 0.491 e. The van der Waals surface area contributed by atoms with Crippen molar-refractivity contribution in [2.45, 2.75) is 39.7 Å². The minimum absolute atomic E-state index is 0.169. The van der Waals surface area contributed by atoms with Gasteiger partial charge in [0.15, 0.2) is 5.82 Å². The number of hydrogen-bond acceptors (Lipinski definition) is 3. The van der Waals surface area contributed by atoms with Crippen molar-refractivity contribution in [3.8, 4) is 17.1 Å². The molecule has 1 aromatic heterocycles. The average Bonchev–Trinajstić information content (AvgIpc) is 2.78. The highest BCUT2D eigenvalue weighted by molar-refractivity contribution is 5.57. The van der Waals surface area contributed by atoms with E-state index in [0.29, 0.717) is 0 Å². The molecule has 18 heavy (non-hydrogen) atoms. The molecule has 4 nitrogen and oxygen atoms in total. The number of aromatic amines is 1. The van der Waals surface area contributed by atoms with Crippen LogP contribution in [0.1, 0.15) is 33.0 Å². The minimum atomic E-state index is 0.169. The third-order valence-electron chi connectivity index (χ3n) is 2.48. The van der Waals surface area contributed by atoms with Crippen molar-refractivity contribution in [3.05, 3.63) is 30.1 Å². The molecule has 96 valence electrons. The van der Waals surface area contributed by atoms with E-state index in [-0.39, 0.29) is 6.10 Å². The predicted octanol–water partition coefficient (Wildman–Crippen LogP) is 3.21. The number of aryl methyl sites for hydroxylation is 1. The van der Waals surface area contributed by atoms with Crippen molar-refractivity contribution in [3.63, 3.8) is 0 Å². The first-order valence-electron chi connectivity index (χ1n) is 6.37. The summed E-state index contributed by atoms with van der Waals surface area (Å²) in [5.74, 6) is 2.51. The van der Waals surface area contributed by atoms with E-state index in [1.165, 1.54) is 0 Å². The number of nitrogens with one attached hydrogen (secondary N) is 1. The summed E-state index contributed by atoms with van der Waals surface area (Å²) in [6.07, 6.45) is 2.16. The number of nitrogens with zero attached hydrogens (tertiary/aromatic N) is 2. The summed E-state index contributed by atoms with van der Waals surface area (Å²) in [5, 5.41) is 7.20. The van der Waals surface area contributed by atoms with E-state index in [2.05, 4.69) is 22.1 Å². The molecule has 0 amide bonds. The molecule has 1 aromatic carbocycles. The van der Waals surface area contributed by atoms with Crippen LogP contribution in [-0.4, -0.2) is 21.3 Å². The zero-order chi connectivity index (χ0) is 13.0. The van der Waals surface area contributed by atoms with Crippen LogP contribution in [0.2, 0.25) is 0 Å².